The lowest BCUT2D eigenvalue weighted by Crippen LogP contribution is -2.36. The number of nitrogens with zero attached hydrogens (tertiary/aromatic N) is 2. The van der Waals surface area contributed by atoms with Crippen molar-refractivity contribution in [1.29, 1.82) is 0 Å². The van der Waals surface area contributed by atoms with E-state index in [-0.39, 0.29) is 11.3 Å². The molecule has 2 aromatic rings. The van der Waals surface area contributed by atoms with Crippen molar-refractivity contribution in [3.05, 3.63) is 53.1 Å². The molecule has 0 bridgehead atoms. The van der Waals surface area contributed by atoms with Gasteiger partial charge in [0.05, 0.1) is 19.6 Å². The fraction of sp³-hybridized carbons (Fsp3) is 0.409. The Kier molecular flexibility index (Phi) is 5.21. The minimum Gasteiger partial charge on any atom is -0.493 e. The number of hydrogen-bond acceptors (Lipinski definition) is 4. The molecule has 1 spiro atoms. The number of ether oxygens (including phenoxy) is 2. The average Bonchev–Trinajstić information content (AvgIpc) is 3.25. The number of hydrogen-bond donors (Lipinski definition) is 0. The standard InChI is InChI=1S/C22H25ClN2O3/c1-27-19-7-6-18(13-20(19)28-2)25-11-9-22(21(25)26)8-10-24(15-22)14-16-4-3-5-17(23)12-16/h3-7,12-13H,8-11,14-15H2,1-2H3. The van der Waals surface area contributed by atoms with Crippen molar-refractivity contribution >= 4 is 23.2 Å². The number of amides is 1. The third-order valence-corrected chi connectivity index (χ3v) is 6.15. The number of rotatable bonds is 5. The van der Waals surface area contributed by atoms with E-state index in [9.17, 15) is 4.79 Å². The number of benzene rings is 2. The third kappa shape index (κ3) is 3.45. The normalized spacial score (nSPS) is 22.2. The van der Waals surface area contributed by atoms with Gasteiger partial charge in [-0.1, -0.05) is 23.7 Å². The lowest BCUT2D eigenvalue weighted by molar-refractivity contribution is -0.125. The van der Waals surface area contributed by atoms with Crippen LogP contribution in [0, 0.1) is 5.41 Å². The molecule has 6 heteroatoms. The molecule has 2 aliphatic heterocycles. The molecule has 5 nitrogen and oxygen atoms in total. The van der Waals surface area contributed by atoms with E-state index in [1.54, 1.807) is 14.2 Å². The maximum atomic E-state index is 13.3. The minimum absolute atomic E-state index is 0.216. The van der Waals surface area contributed by atoms with Gasteiger partial charge < -0.3 is 14.4 Å². The highest BCUT2D eigenvalue weighted by Crippen LogP contribution is 2.44. The molecule has 148 valence electrons. The molecule has 1 unspecified atom stereocenters. The number of halogens is 1. The summed E-state index contributed by atoms with van der Waals surface area (Å²) in [5, 5.41) is 0.753. The highest BCUT2D eigenvalue weighted by Gasteiger charge is 2.50. The Morgan fingerprint density at radius 3 is 2.57 bits per heavy atom. The van der Waals surface area contributed by atoms with Gasteiger partial charge in [0.15, 0.2) is 11.5 Å². The van der Waals surface area contributed by atoms with Crippen LogP contribution < -0.4 is 14.4 Å². The molecular formula is C22H25ClN2O3. The second-order valence-electron chi connectivity index (χ2n) is 7.62. The Hall–Kier alpha value is -2.24. The van der Waals surface area contributed by atoms with E-state index in [1.807, 2.05) is 41.3 Å². The molecule has 0 saturated carbocycles. The van der Waals surface area contributed by atoms with Crippen LogP contribution in [0.4, 0.5) is 5.69 Å². The Morgan fingerprint density at radius 2 is 1.82 bits per heavy atom. The third-order valence-electron chi connectivity index (χ3n) is 5.92. The largest absolute Gasteiger partial charge is 0.493 e. The Morgan fingerprint density at radius 1 is 1.04 bits per heavy atom. The SMILES string of the molecule is COc1ccc(N2CCC3(CCN(Cc4cccc(Cl)c4)C3)C2=O)cc1OC. The molecule has 0 N–H and O–H groups in total. The minimum atomic E-state index is -0.286. The number of carbonyl (C=O) groups is 1. The fourth-order valence-corrected chi connectivity index (χ4v) is 4.64. The van der Waals surface area contributed by atoms with Crippen LogP contribution in [0.1, 0.15) is 18.4 Å². The zero-order chi connectivity index (χ0) is 19.7. The summed E-state index contributed by atoms with van der Waals surface area (Å²) in [7, 11) is 3.22. The predicted molar refractivity (Wildman–Crippen MR) is 110 cm³/mol. The summed E-state index contributed by atoms with van der Waals surface area (Å²) in [6.07, 6.45) is 1.78. The summed E-state index contributed by atoms with van der Waals surface area (Å²) in [4.78, 5) is 17.6. The van der Waals surface area contributed by atoms with E-state index in [0.717, 1.165) is 49.7 Å². The molecule has 0 radical (unpaired) electrons. The maximum Gasteiger partial charge on any atom is 0.234 e. The van der Waals surface area contributed by atoms with Crippen LogP contribution >= 0.6 is 11.6 Å². The highest BCUT2D eigenvalue weighted by molar-refractivity contribution is 6.30. The van der Waals surface area contributed by atoms with Crippen LogP contribution in [0.2, 0.25) is 5.02 Å². The van der Waals surface area contributed by atoms with Crippen LogP contribution in [0.3, 0.4) is 0 Å². The van der Waals surface area contributed by atoms with Crippen LogP contribution in [0.15, 0.2) is 42.5 Å². The average molecular weight is 401 g/mol. The van der Waals surface area contributed by atoms with Crippen molar-refractivity contribution in [2.45, 2.75) is 19.4 Å². The second-order valence-corrected chi connectivity index (χ2v) is 8.05. The fourth-order valence-electron chi connectivity index (χ4n) is 4.43. The van der Waals surface area contributed by atoms with Gasteiger partial charge in [-0.05, 0) is 49.2 Å². The summed E-state index contributed by atoms with van der Waals surface area (Å²) in [6, 6.07) is 13.6. The van der Waals surface area contributed by atoms with Gasteiger partial charge in [-0.3, -0.25) is 9.69 Å². The van der Waals surface area contributed by atoms with Crippen molar-refractivity contribution in [3.8, 4) is 11.5 Å². The number of anilines is 1. The van der Waals surface area contributed by atoms with E-state index in [2.05, 4.69) is 11.0 Å². The van der Waals surface area contributed by atoms with Crippen LogP contribution in [0.25, 0.3) is 0 Å². The van der Waals surface area contributed by atoms with Gasteiger partial charge in [-0.25, -0.2) is 0 Å². The van der Waals surface area contributed by atoms with Gasteiger partial charge in [0.1, 0.15) is 0 Å². The van der Waals surface area contributed by atoms with Crippen molar-refractivity contribution in [1.82, 2.24) is 4.90 Å². The van der Waals surface area contributed by atoms with Crippen molar-refractivity contribution in [2.75, 3.05) is 38.8 Å². The molecular weight excluding hydrogens is 376 g/mol. The van der Waals surface area contributed by atoms with E-state index >= 15 is 0 Å². The first-order valence-corrected chi connectivity index (χ1v) is 9.93. The monoisotopic (exact) mass is 400 g/mol. The van der Waals surface area contributed by atoms with E-state index in [4.69, 9.17) is 21.1 Å². The van der Waals surface area contributed by atoms with Gasteiger partial charge in [0.2, 0.25) is 5.91 Å². The van der Waals surface area contributed by atoms with Gasteiger partial charge in [-0.15, -0.1) is 0 Å². The first-order valence-electron chi connectivity index (χ1n) is 9.55. The molecule has 2 aromatic carbocycles. The summed E-state index contributed by atoms with van der Waals surface area (Å²) >= 11 is 6.11. The molecule has 1 amide bonds. The Balaban J connectivity index is 1.48. The first-order chi connectivity index (χ1) is 13.5. The van der Waals surface area contributed by atoms with Gasteiger partial charge in [0, 0.05) is 36.4 Å². The van der Waals surface area contributed by atoms with Gasteiger partial charge >= 0.3 is 0 Å². The molecule has 0 aliphatic carbocycles. The maximum absolute atomic E-state index is 13.3. The van der Waals surface area contributed by atoms with Crippen LogP contribution in [-0.2, 0) is 11.3 Å². The van der Waals surface area contributed by atoms with Gasteiger partial charge in [0.25, 0.3) is 0 Å². The second kappa shape index (κ2) is 7.64. The zero-order valence-electron chi connectivity index (χ0n) is 16.3. The number of likely N-dealkylation sites (tertiary alicyclic amines) is 1. The molecule has 0 aromatic heterocycles. The van der Waals surface area contributed by atoms with E-state index in [0.29, 0.717) is 11.5 Å². The molecule has 28 heavy (non-hydrogen) atoms. The van der Waals surface area contributed by atoms with Crippen molar-refractivity contribution < 1.29 is 14.3 Å². The van der Waals surface area contributed by atoms with Crippen LogP contribution in [0.5, 0.6) is 11.5 Å². The molecule has 1 atom stereocenters. The zero-order valence-corrected chi connectivity index (χ0v) is 17.0. The Bertz CT molecular complexity index is 888. The molecule has 2 aliphatic rings. The quantitative estimate of drug-likeness (QED) is 0.761. The predicted octanol–water partition coefficient (Wildman–Crippen LogP) is 3.99. The highest BCUT2D eigenvalue weighted by atomic mass is 35.5. The summed E-state index contributed by atoms with van der Waals surface area (Å²) < 4.78 is 10.7. The lowest BCUT2D eigenvalue weighted by atomic mass is 9.85. The lowest BCUT2D eigenvalue weighted by Gasteiger charge is -2.24. The van der Waals surface area contributed by atoms with E-state index < -0.39 is 0 Å². The van der Waals surface area contributed by atoms with E-state index in [1.165, 1.54) is 5.56 Å². The number of methoxy groups -OCH3 is 2. The molecule has 2 fully saturated rings. The smallest absolute Gasteiger partial charge is 0.234 e. The van der Waals surface area contributed by atoms with Crippen molar-refractivity contribution in [3.63, 3.8) is 0 Å². The Labute approximate surface area is 170 Å². The molecule has 2 heterocycles. The van der Waals surface area contributed by atoms with Crippen LogP contribution in [-0.4, -0.2) is 44.7 Å². The molecule has 2 saturated heterocycles. The number of carbonyl (C=O) groups excluding carboxylic acids is 1. The summed E-state index contributed by atoms with van der Waals surface area (Å²) in [5.41, 5.74) is 1.77. The summed E-state index contributed by atoms with van der Waals surface area (Å²) in [6.45, 7) is 3.28. The first kappa shape index (κ1) is 19.1. The summed E-state index contributed by atoms with van der Waals surface area (Å²) in [5.74, 6) is 1.53. The van der Waals surface area contributed by atoms with Gasteiger partial charge in [-0.2, -0.15) is 0 Å². The van der Waals surface area contributed by atoms with Crippen molar-refractivity contribution in [2.24, 2.45) is 5.41 Å². The molecule has 4 rings (SSSR count). The topological polar surface area (TPSA) is 42.0 Å².